The molecule has 0 bridgehead atoms. The Hall–Kier alpha value is -1.21. The van der Waals surface area contributed by atoms with Crippen LogP contribution >= 0.6 is 15.9 Å². The average molecular weight is 273 g/mol. The summed E-state index contributed by atoms with van der Waals surface area (Å²) in [4.78, 5) is 10.3. The van der Waals surface area contributed by atoms with Crippen molar-refractivity contribution in [1.82, 2.24) is 0 Å². The second-order valence-electron chi connectivity index (χ2n) is 2.71. The molecule has 0 aliphatic carbocycles. The minimum atomic E-state index is -0.881. The van der Waals surface area contributed by atoms with Crippen LogP contribution in [0.3, 0.4) is 0 Å². The smallest absolute Gasteiger partial charge is 0.155 e. The highest BCUT2D eigenvalue weighted by atomic mass is 79.9. The maximum atomic E-state index is 13.1. The van der Waals surface area contributed by atoms with E-state index < -0.39 is 17.2 Å². The number of alkyl halides is 1. The zero-order valence-electron chi connectivity index (χ0n) is 7.69. The van der Waals surface area contributed by atoms with Gasteiger partial charge in [-0.3, -0.25) is 4.79 Å². The Morgan fingerprint density at radius 1 is 1.33 bits per heavy atom. The van der Waals surface area contributed by atoms with Crippen molar-refractivity contribution in [3.8, 4) is 11.8 Å². The molecule has 0 N–H and O–H groups in total. The minimum Gasteiger partial charge on any atom is -0.298 e. The van der Waals surface area contributed by atoms with Crippen LogP contribution in [-0.2, 0) is 0 Å². The first-order valence-corrected chi connectivity index (χ1v) is 5.30. The minimum absolute atomic E-state index is 0.153. The van der Waals surface area contributed by atoms with E-state index >= 15 is 0 Å². The van der Waals surface area contributed by atoms with Gasteiger partial charge in [-0.05, 0) is 12.1 Å². The van der Waals surface area contributed by atoms with Crippen LogP contribution in [-0.4, -0.2) is 11.6 Å². The molecule has 0 atom stereocenters. The number of halogens is 3. The highest BCUT2D eigenvalue weighted by Gasteiger charge is 2.08. The lowest BCUT2D eigenvalue weighted by Crippen LogP contribution is -1.94. The van der Waals surface area contributed by atoms with Gasteiger partial charge in [0.15, 0.2) is 6.29 Å². The standard InChI is InChI=1S/C11H7BrF2O/c12-4-2-1-3-8-5-10(13)9(7-15)11(14)6-8/h5-7H,2,4H2. The molecule has 0 heterocycles. The van der Waals surface area contributed by atoms with Crippen molar-refractivity contribution in [3.63, 3.8) is 0 Å². The van der Waals surface area contributed by atoms with Gasteiger partial charge < -0.3 is 0 Å². The predicted octanol–water partition coefficient (Wildman–Crippen LogP) is 2.91. The van der Waals surface area contributed by atoms with E-state index in [1.54, 1.807) is 0 Å². The average Bonchev–Trinajstić information content (AvgIpc) is 2.18. The van der Waals surface area contributed by atoms with Crippen molar-refractivity contribution in [3.05, 3.63) is 34.9 Å². The summed E-state index contributed by atoms with van der Waals surface area (Å²) in [6.07, 6.45) is 0.749. The highest BCUT2D eigenvalue weighted by Crippen LogP contribution is 2.12. The van der Waals surface area contributed by atoms with Gasteiger partial charge in [0.1, 0.15) is 11.6 Å². The van der Waals surface area contributed by atoms with Crippen LogP contribution in [0.4, 0.5) is 8.78 Å². The van der Waals surface area contributed by atoms with Crippen LogP contribution in [0.25, 0.3) is 0 Å². The molecular formula is C11H7BrF2O. The lowest BCUT2D eigenvalue weighted by molar-refractivity contribution is 0.111. The first-order valence-electron chi connectivity index (χ1n) is 4.18. The van der Waals surface area contributed by atoms with E-state index in [2.05, 4.69) is 27.8 Å². The van der Waals surface area contributed by atoms with Crippen molar-refractivity contribution in [1.29, 1.82) is 0 Å². The number of benzene rings is 1. The maximum Gasteiger partial charge on any atom is 0.155 e. The van der Waals surface area contributed by atoms with Crippen molar-refractivity contribution < 1.29 is 13.6 Å². The number of carbonyl (C=O) groups is 1. The molecule has 0 spiro atoms. The van der Waals surface area contributed by atoms with E-state index in [9.17, 15) is 13.6 Å². The molecular weight excluding hydrogens is 266 g/mol. The van der Waals surface area contributed by atoms with Crippen LogP contribution in [0.1, 0.15) is 22.3 Å². The summed E-state index contributed by atoms with van der Waals surface area (Å²) in [5.74, 6) is 3.56. The van der Waals surface area contributed by atoms with Gasteiger partial charge in [0.05, 0.1) is 5.56 Å². The van der Waals surface area contributed by atoms with Crippen molar-refractivity contribution in [2.45, 2.75) is 6.42 Å². The van der Waals surface area contributed by atoms with Crippen LogP contribution in [0, 0.1) is 23.5 Å². The number of rotatable bonds is 2. The Bertz CT molecular complexity index is 409. The second-order valence-corrected chi connectivity index (χ2v) is 3.51. The molecule has 1 rings (SSSR count). The molecule has 0 saturated heterocycles. The summed E-state index contributed by atoms with van der Waals surface area (Å²) in [5.41, 5.74) is -0.322. The van der Waals surface area contributed by atoms with Crippen molar-refractivity contribution in [2.75, 3.05) is 5.33 Å². The molecule has 0 amide bonds. The molecule has 0 saturated carbocycles. The molecule has 1 aromatic rings. The zero-order chi connectivity index (χ0) is 11.3. The maximum absolute atomic E-state index is 13.1. The van der Waals surface area contributed by atoms with E-state index in [0.717, 1.165) is 12.1 Å². The number of hydrogen-bond acceptors (Lipinski definition) is 1. The van der Waals surface area contributed by atoms with E-state index in [1.165, 1.54) is 0 Å². The van der Waals surface area contributed by atoms with Gasteiger partial charge in [0.2, 0.25) is 0 Å². The topological polar surface area (TPSA) is 17.1 Å². The number of hydrogen-bond donors (Lipinski definition) is 0. The van der Waals surface area contributed by atoms with E-state index in [4.69, 9.17) is 0 Å². The van der Waals surface area contributed by atoms with Gasteiger partial charge in [0, 0.05) is 17.3 Å². The lowest BCUT2D eigenvalue weighted by Gasteiger charge is -1.97. The molecule has 78 valence electrons. The summed E-state index contributed by atoms with van der Waals surface area (Å²) in [6, 6.07) is 2.10. The summed E-state index contributed by atoms with van der Waals surface area (Å²) in [7, 11) is 0. The third kappa shape index (κ3) is 3.14. The third-order valence-corrected chi connectivity index (χ3v) is 2.05. The monoisotopic (exact) mass is 272 g/mol. The van der Waals surface area contributed by atoms with E-state index in [0.29, 0.717) is 11.8 Å². The fraction of sp³-hybridized carbons (Fsp3) is 0.182. The summed E-state index contributed by atoms with van der Waals surface area (Å²) in [5, 5.41) is 0.706. The van der Waals surface area contributed by atoms with Gasteiger partial charge in [-0.15, -0.1) is 0 Å². The molecule has 0 aliphatic heterocycles. The second kappa shape index (κ2) is 5.62. The Morgan fingerprint density at radius 2 is 1.93 bits per heavy atom. The fourth-order valence-electron chi connectivity index (χ4n) is 0.981. The molecule has 4 heteroatoms. The lowest BCUT2D eigenvalue weighted by atomic mass is 10.1. The highest BCUT2D eigenvalue weighted by molar-refractivity contribution is 9.09. The molecule has 0 aliphatic rings. The quantitative estimate of drug-likeness (QED) is 0.460. The van der Waals surface area contributed by atoms with E-state index in [-0.39, 0.29) is 11.8 Å². The van der Waals surface area contributed by atoms with Crippen LogP contribution < -0.4 is 0 Å². The zero-order valence-corrected chi connectivity index (χ0v) is 9.27. The van der Waals surface area contributed by atoms with Crippen molar-refractivity contribution >= 4 is 22.2 Å². The van der Waals surface area contributed by atoms with Gasteiger partial charge in [-0.25, -0.2) is 8.78 Å². The molecule has 1 aromatic carbocycles. The van der Waals surface area contributed by atoms with Gasteiger partial charge >= 0.3 is 0 Å². The first kappa shape index (κ1) is 11.9. The predicted molar refractivity (Wildman–Crippen MR) is 57.0 cm³/mol. The van der Waals surface area contributed by atoms with Gasteiger partial charge in [-0.1, -0.05) is 27.8 Å². The Balaban J connectivity index is 3.05. The van der Waals surface area contributed by atoms with Crippen molar-refractivity contribution in [2.24, 2.45) is 0 Å². The molecule has 0 unspecified atom stereocenters. The summed E-state index contributed by atoms with van der Waals surface area (Å²) < 4.78 is 26.1. The van der Waals surface area contributed by atoms with Crippen LogP contribution in [0.15, 0.2) is 12.1 Å². The summed E-state index contributed by atoms with van der Waals surface area (Å²) in [6.45, 7) is 0. The van der Waals surface area contributed by atoms with Gasteiger partial charge in [-0.2, -0.15) is 0 Å². The Labute approximate surface area is 94.6 Å². The van der Waals surface area contributed by atoms with Crippen LogP contribution in [0.5, 0.6) is 0 Å². The number of carbonyl (C=O) groups excluding carboxylic acids is 1. The normalized spacial score (nSPS) is 9.27. The molecule has 0 aromatic heterocycles. The molecule has 0 radical (unpaired) electrons. The van der Waals surface area contributed by atoms with Gasteiger partial charge in [0.25, 0.3) is 0 Å². The fourth-order valence-corrected chi connectivity index (χ4v) is 1.18. The third-order valence-electron chi connectivity index (χ3n) is 1.65. The molecule has 0 fully saturated rings. The largest absolute Gasteiger partial charge is 0.298 e. The summed E-state index contributed by atoms with van der Waals surface area (Å²) >= 11 is 3.18. The number of aldehydes is 1. The van der Waals surface area contributed by atoms with Crippen LogP contribution in [0.2, 0.25) is 0 Å². The molecule has 1 nitrogen and oxygen atoms in total. The molecule has 15 heavy (non-hydrogen) atoms. The SMILES string of the molecule is O=Cc1c(F)cc(C#CCCBr)cc1F. The Kier molecular flexibility index (Phi) is 4.44. The van der Waals surface area contributed by atoms with E-state index in [1.807, 2.05) is 0 Å². The first-order chi connectivity index (χ1) is 7.19. The Morgan fingerprint density at radius 3 is 2.40 bits per heavy atom.